The van der Waals surface area contributed by atoms with Gasteiger partial charge in [0.2, 0.25) is 5.95 Å². The molecule has 0 saturated carbocycles. The fraction of sp³-hybridized carbons (Fsp3) is 0.440. The van der Waals surface area contributed by atoms with Crippen LogP contribution >= 0.6 is 15.9 Å². The van der Waals surface area contributed by atoms with E-state index in [9.17, 15) is 9.18 Å². The lowest BCUT2D eigenvalue weighted by molar-refractivity contribution is 0.0621. The second kappa shape index (κ2) is 10.2. The number of hydrogen-bond donors (Lipinski definition) is 1. The van der Waals surface area contributed by atoms with Crippen LogP contribution in [0.2, 0.25) is 0 Å². The molecule has 0 aliphatic carbocycles. The smallest absolute Gasteiger partial charge is 0.275 e. The Bertz CT molecular complexity index is 1130. The molecule has 1 N–H and O–H groups in total. The summed E-state index contributed by atoms with van der Waals surface area (Å²) in [6, 6.07) is 6.23. The van der Waals surface area contributed by atoms with Crippen molar-refractivity contribution in [2.75, 3.05) is 18.4 Å². The van der Waals surface area contributed by atoms with Crippen molar-refractivity contribution >= 4 is 27.8 Å². The number of amides is 1. The summed E-state index contributed by atoms with van der Waals surface area (Å²) in [6.45, 7) is 7.50. The summed E-state index contributed by atoms with van der Waals surface area (Å²) in [5.41, 5.74) is 1.65. The van der Waals surface area contributed by atoms with Crippen LogP contribution in [-0.2, 0) is 5.54 Å². The Kier molecular flexibility index (Phi) is 7.30. The SMILES string of the molecule is CCC(C)(C)n1cc(-c2ccc(F)cc2)c(C(=O)N2CCCCC2CNc2ncc(Br)cn2)n1. The lowest BCUT2D eigenvalue weighted by atomic mass is 9.99. The molecule has 0 bridgehead atoms. The van der Waals surface area contributed by atoms with E-state index in [1.54, 1.807) is 24.5 Å². The van der Waals surface area contributed by atoms with Crippen molar-refractivity contribution < 1.29 is 9.18 Å². The monoisotopic (exact) mass is 528 g/mol. The first-order valence-corrected chi connectivity index (χ1v) is 12.5. The number of nitrogens with one attached hydrogen (secondary N) is 1. The van der Waals surface area contributed by atoms with E-state index >= 15 is 0 Å². The summed E-state index contributed by atoms with van der Waals surface area (Å²) in [6.07, 6.45) is 9.05. The van der Waals surface area contributed by atoms with Gasteiger partial charge in [0.25, 0.3) is 5.91 Å². The molecule has 1 amide bonds. The minimum absolute atomic E-state index is 0.00102. The van der Waals surface area contributed by atoms with Crippen LogP contribution < -0.4 is 5.32 Å². The molecule has 0 radical (unpaired) electrons. The maximum Gasteiger partial charge on any atom is 0.275 e. The second-order valence-corrected chi connectivity index (χ2v) is 10.2. The average molecular weight is 529 g/mol. The average Bonchev–Trinajstić information content (AvgIpc) is 3.30. The van der Waals surface area contributed by atoms with Crippen LogP contribution in [-0.4, -0.2) is 49.7 Å². The predicted octanol–water partition coefficient (Wildman–Crippen LogP) is 5.49. The fourth-order valence-electron chi connectivity index (χ4n) is 4.07. The molecule has 9 heteroatoms. The van der Waals surface area contributed by atoms with E-state index < -0.39 is 0 Å². The first-order chi connectivity index (χ1) is 16.3. The Hall–Kier alpha value is -2.81. The van der Waals surface area contributed by atoms with E-state index in [1.807, 2.05) is 15.8 Å². The summed E-state index contributed by atoms with van der Waals surface area (Å²) < 4.78 is 16.3. The zero-order valence-electron chi connectivity index (χ0n) is 19.8. The molecule has 4 rings (SSSR count). The maximum absolute atomic E-state index is 13.9. The maximum atomic E-state index is 13.9. The highest BCUT2D eigenvalue weighted by Crippen LogP contribution is 2.30. The standard InChI is InChI=1S/C25H30BrFN6O/c1-4-25(2,3)33-16-21(17-8-10-19(27)11-9-17)22(31-33)23(34)32-12-6-5-7-20(32)15-30-24-28-13-18(26)14-29-24/h8-11,13-14,16,20H,4-7,12,15H2,1-3H3,(H,28,29,30). The summed E-state index contributed by atoms with van der Waals surface area (Å²) in [5.74, 6) is 0.116. The molecule has 0 spiro atoms. The molecule has 34 heavy (non-hydrogen) atoms. The lowest BCUT2D eigenvalue weighted by Crippen LogP contribution is -2.47. The van der Waals surface area contributed by atoms with Crippen LogP contribution in [0.5, 0.6) is 0 Å². The molecule has 1 fully saturated rings. The molecule has 7 nitrogen and oxygen atoms in total. The molecule has 1 unspecified atom stereocenters. The second-order valence-electron chi connectivity index (χ2n) is 9.26. The van der Waals surface area contributed by atoms with Crippen LogP contribution in [0.4, 0.5) is 10.3 Å². The van der Waals surface area contributed by atoms with Gasteiger partial charge in [-0.1, -0.05) is 19.1 Å². The molecule has 1 saturated heterocycles. The molecule has 180 valence electrons. The number of benzene rings is 1. The quantitative estimate of drug-likeness (QED) is 0.438. The third kappa shape index (κ3) is 5.29. The number of piperidine rings is 1. The van der Waals surface area contributed by atoms with E-state index in [0.29, 0.717) is 24.7 Å². The van der Waals surface area contributed by atoms with Gasteiger partial charge in [-0.25, -0.2) is 14.4 Å². The van der Waals surface area contributed by atoms with Gasteiger partial charge in [-0.05, 0) is 73.2 Å². The van der Waals surface area contributed by atoms with Crippen LogP contribution in [0, 0.1) is 5.82 Å². The van der Waals surface area contributed by atoms with Gasteiger partial charge in [-0.15, -0.1) is 0 Å². The van der Waals surface area contributed by atoms with Crippen molar-refractivity contribution in [3.8, 4) is 11.1 Å². The minimum Gasteiger partial charge on any atom is -0.352 e. The fourth-order valence-corrected chi connectivity index (χ4v) is 4.28. The number of halogens is 2. The van der Waals surface area contributed by atoms with Gasteiger partial charge < -0.3 is 10.2 Å². The van der Waals surface area contributed by atoms with Crippen molar-refractivity contribution in [2.45, 2.75) is 58.0 Å². The van der Waals surface area contributed by atoms with Crippen molar-refractivity contribution in [2.24, 2.45) is 0 Å². The molecule has 3 aromatic rings. The molecule has 2 aromatic heterocycles. The van der Waals surface area contributed by atoms with Crippen LogP contribution in [0.25, 0.3) is 11.1 Å². The molecular formula is C25H30BrFN6O. The first kappa shape index (κ1) is 24.3. The number of rotatable bonds is 7. The van der Waals surface area contributed by atoms with Gasteiger partial charge in [-0.2, -0.15) is 5.10 Å². The Morgan fingerprint density at radius 2 is 1.91 bits per heavy atom. The number of likely N-dealkylation sites (tertiary alicyclic amines) is 1. The summed E-state index contributed by atoms with van der Waals surface area (Å²) in [4.78, 5) is 24.3. The number of hydrogen-bond acceptors (Lipinski definition) is 5. The minimum atomic E-state index is -0.310. The van der Waals surface area contributed by atoms with E-state index in [4.69, 9.17) is 5.10 Å². The summed E-state index contributed by atoms with van der Waals surface area (Å²) in [7, 11) is 0. The van der Waals surface area contributed by atoms with E-state index in [2.05, 4.69) is 52.0 Å². The van der Waals surface area contributed by atoms with Gasteiger partial charge in [0.1, 0.15) is 5.82 Å². The Morgan fingerprint density at radius 1 is 1.21 bits per heavy atom. The number of carbonyl (C=O) groups excluding carboxylic acids is 1. The third-order valence-electron chi connectivity index (χ3n) is 6.56. The van der Waals surface area contributed by atoms with Crippen LogP contribution in [0.3, 0.4) is 0 Å². The van der Waals surface area contributed by atoms with Gasteiger partial charge in [-0.3, -0.25) is 9.48 Å². The van der Waals surface area contributed by atoms with Crippen molar-refractivity contribution in [1.29, 1.82) is 0 Å². The predicted molar refractivity (Wildman–Crippen MR) is 134 cm³/mol. The molecule has 1 aromatic carbocycles. The number of anilines is 1. The highest BCUT2D eigenvalue weighted by Gasteiger charge is 2.32. The highest BCUT2D eigenvalue weighted by molar-refractivity contribution is 9.10. The van der Waals surface area contributed by atoms with Gasteiger partial charge >= 0.3 is 0 Å². The van der Waals surface area contributed by atoms with Crippen LogP contribution in [0.15, 0.2) is 47.3 Å². The molecule has 3 heterocycles. The number of nitrogens with zero attached hydrogens (tertiary/aromatic N) is 5. The summed E-state index contributed by atoms with van der Waals surface area (Å²) in [5, 5.41) is 8.04. The van der Waals surface area contributed by atoms with Crippen molar-refractivity contribution in [1.82, 2.24) is 24.6 Å². The number of carbonyl (C=O) groups is 1. The lowest BCUT2D eigenvalue weighted by Gasteiger charge is -2.35. The van der Waals surface area contributed by atoms with E-state index in [1.165, 1.54) is 12.1 Å². The molecular weight excluding hydrogens is 499 g/mol. The summed E-state index contributed by atoms with van der Waals surface area (Å²) >= 11 is 3.34. The van der Waals surface area contributed by atoms with E-state index in [0.717, 1.165) is 41.3 Å². The Morgan fingerprint density at radius 3 is 2.59 bits per heavy atom. The van der Waals surface area contributed by atoms with E-state index in [-0.39, 0.29) is 23.3 Å². The van der Waals surface area contributed by atoms with Crippen molar-refractivity contribution in [3.05, 3.63) is 58.8 Å². The largest absolute Gasteiger partial charge is 0.352 e. The van der Waals surface area contributed by atoms with Gasteiger partial charge in [0, 0.05) is 43.3 Å². The van der Waals surface area contributed by atoms with Gasteiger partial charge in [0.05, 0.1) is 10.0 Å². The highest BCUT2D eigenvalue weighted by atomic mass is 79.9. The molecule has 1 aliphatic rings. The zero-order valence-corrected chi connectivity index (χ0v) is 21.3. The van der Waals surface area contributed by atoms with Crippen LogP contribution in [0.1, 0.15) is 56.9 Å². The number of aromatic nitrogens is 4. The normalized spacial score (nSPS) is 16.5. The third-order valence-corrected chi connectivity index (χ3v) is 6.97. The Labute approximate surface area is 207 Å². The first-order valence-electron chi connectivity index (χ1n) is 11.7. The zero-order chi connectivity index (χ0) is 24.3. The Balaban J connectivity index is 1.63. The molecule has 1 atom stereocenters. The van der Waals surface area contributed by atoms with Crippen molar-refractivity contribution in [3.63, 3.8) is 0 Å². The molecule has 1 aliphatic heterocycles. The van der Waals surface area contributed by atoms with Gasteiger partial charge in [0.15, 0.2) is 5.69 Å². The topological polar surface area (TPSA) is 75.9 Å².